The third kappa shape index (κ3) is 4.93. The zero-order valence-electron chi connectivity index (χ0n) is 19.6. The number of hydrogen-bond acceptors (Lipinski definition) is 6. The number of sulfonamides is 1. The number of thiazole rings is 1. The van der Waals surface area contributed by atoms with Crippen LogP contribution in [0.3, 0.4) is 0 Å². The molecule has 0 aliphatic rings. The molecule has 8 nitrogen and oxygen atoms in total. The van der Waals surface area contributed by atoms with E-state index in [0.29, 0.717) is 11.3 Å². The number of nitrogens with zero attached hydrogens (tertiary/aromatic N) is 5. The van der Waals surface area contributed by atoms with Gasteiger partial charge >= 0.3 is 0 Å². The molecule has 1 amide bonds. The van der Waals surface area contributed by atoms with Crippen molar-refractivity contribution >= 4 is 48.3 Å². The molecule has 0 saturated carbocycles. The Bertz CT molecular complexity index is 1670. The van der Waals surface area contributed by atoms with Crippen LogP contribution in [0.25, 0.3) is 21.0 Å². The Labute approximate surface area is 213 Å². The summed E-state index contributed by atoms with van der Waals surface area (Å²) < 4.78 is 30.2. The van der Waals surface area contributed by atoms with Gasteiger partial charge in [0.25, 0.3) is 5.91 Å². The van der Waals surface area contributed by atoms with Crippen LogP contribution < -0.4 is 4.80 Å². The lowest BCUT2D eigenvalue weighted by Crippen LogP contribution is -2.32. The van der Waals surface area contributed by atoms with E-state index in [0.717, 1.165) is 25.3 Å². The number of rotatable bonds is 8. The van der Waals surface area contributed by atoms with Crippen LogP contribution >= 0.6 is 11.3 Å². The molecule has 0 aliphatic carbocycles. The maximum atomic E-state index is 13.0. The fraction of sp³-hybridized carbons (Fsp3) is 0.231. The normalized spacial score (nSPS) is 12.2. The summed E-state index contributed by atoms with van der Waals surface area (Å²) in [6.07, 6.45) is 0.0317. The number of hydrogen-bond donors (Lipinski definition) is 0. The van der Waals surface area contributed by atoms with Gasteiger partial charge in [0.1, 0.15) is 0 Å². The molecule has 36 heavy (non-hydrogen) atoms. The first-order valence-corrected chi connectivity index (χ1v) is 13.6. The van der Waals surface area contributed by atoms with Crippen molar-refractivity contribution in [3.8, 4) is 12.1 Å². The van der Waals surface area contributed by atoms with Crippen LogP contribution in [0.2, 0.25) is 0 Å². The van der Waals surface area contributed by atoms with Crippen molar-refractivity contribution in [1.29, 1.82) is 10.5 Å². The van der Waals surface area contributed by atoms with Crippen LogP contribution in [0.5, 0.6) is 0 Å². The van der Waals surface area contributed by atoms with Crippen LogP contribution in [-0.2, 0) is 16.6 Å². The molecule has 0 spiro atoms. The minimum Gasteiger partial charge on any atom is -0.316 e. The zero-order valence-corrected chi connectivity index (χ0v) is 21.2. The third-order valence-electron chi connectivity index (χ3n) is 5.76. The van der Waals surface area contributed by atoms with Gasteiger partial charge in [-0.2, -0.15) is 19.8 Å². The minimum atomic E-state index is -3.91. The molecule has 0 N–H and O–H groups in total. The molecule has 0 radical (unpaired) electrons. The number of fused-ring (bicyclic) bond motifs is 3. The predicted molar refractivity (Wildman–Crippen MR) is 139 cm³/mol. The zero-order chi connectivity index (χ0) is 25.7. The summed E-state index contributed by atoms with van der Waals surface area (Å²) in [6.45, 7) is 2.63. The van der Waals surface area contributed by atoms with Gasteiger partial charge in [0.05, 0.1) is 27.3 Å². The predicted octanol–water partition coefficient (Wildman–Crippen LogP) is 4.44. The third-order valence-corrected chi connectivity index (χ3v) is 8.72. The maximum Gasteiger partial charge on any atom is 0.279 e. The topological polar surface area (TPSA) is 119 Å². The van der Waals surface area contributed by atoms with Crippen molar-refractivity contribution in [2.24, 2.45) is 4.99 Å². The second kappa shape index (κ2) is 10.8. The average Bonchev–Trinajstić information content (AvgIpc) is 3.26. The Hall–Kier alpha value is -3.83. The Kier molecular flexibility index (Phi) is 7.61. The van der Waals surface area contributed by atoms with Gasteiger partial charge in [-0.25, -0.2) is 8.42 Å². The van der Waals surface area contributed by atoms with E-state index in [4.69, 9.17) is 10.5 Å². The van der Waals surface area contributed by atoms with Gasteiger partial charge in [-0.05, 0) is 42.6 Å². The molecule has 3 aromatic carbocycles. The van der Waals surface area contributed by atoms with E-state index in [2.05, 4.69) is 17.1 Å². The number of aromatic nitrogens is 1. The molecule has 10 heteroatoms. The second-order valence-corrected chi connectivity index (χ2v) is 10.9. The van der Waals surface area contributed by atoms with Crippen LogP contribution in [0.15, 0.2) is 70.6 Å². The summed E-state index contributed by atoms with van der Waals surface area (Å²) in [5, 5.41) is 19.9. The highest BCUT2D eigenvalue weighted by molar-refractivity contribution is 7.89. The number of carbonyl (C=O) groups excluding carboxylic acids is 1. The minimum absolute atomic E-state index is 0.00579. The summed E-state index contributed by atoms with van der Waals surface area (Å²) in [5.74, 6) is -0.470. The number of carbonyl (C=O) groups is 1. The smallest absolute Gasteiger partial charge is 0.279 e. The SMILES string of the molecule is CCn1c(=NC(=O)c2ccc(S(=O)(=O)N(CCC#N)CCC#N)cc2)sc2ccc3ccccc3c21. The Morgan fingerprint density at radius 1 is 1.00 bits per heavy atom. The Morgan fingerprint density at radius 3 is 2.31 bits per heavy atom. The molecule has 4 rings (SSSR count). The van der Waals surface area contributed by atoms with E-state index >= 15 is 0 Å². The van der Waals surface area contributed by atoms with Gasteiger partial charge in [0.15, 0.2) is 4.80 Å². The highest BCUT2D eigenvalue weighted by Crippen LogP contribution is 2.27. The van der Waals surface area contributed by atoms with Crippen LogP contribution in [-0.4, -0.2) is 36.3 Å². The molecule has 0 saturated heterocycles. The van der Waals surface area contributed by atoms with Gasteiger partial charge in [-0.3, -0.25) is 4.79 Å². The summed E-state index contributed by atoms with van der Waals surface area (Å²) in [7, 11) is -3.91. The lowest BCUT2D eigenvalue weighted by atomic mass is 10.1. The van der Waals surface area contributed by atoms with Gasteiger partial charge < -0.3 is 4.57 Å². The van der Waals surface area contributed by atoms with Gasteiger partial charge in [-0.1, -0.05) is 41.7 Å². The maximum absolute atomic E-state index is 13.0. The van der Waals surface area contributed by atoms with Crippen molar-refractivity contribution in [3.63, 3.8) is 0 Å². The van der Waals surface area contributed by atoms with Gasteiger partial charge in [0, 0.05) is 43.4 Å². The van der Waals surface area contributed by atoms with E-state index in [1.165, 1.54) is 35.6 Å². The summed E-state index contributed by atoms with van der Waals surface area (Å²) in [4.78, 5) is 17.9. The molecule has 0 unspecified atom stereocenters. The van der Waals surface area contributed by atoms with E-state index in [-0.39, 0.29) is 36.4 Å². The number of aryl methyl sites for hydroxylation is 1. The Balaban J connectivity index is 1.68. The summed E-state index contributed by atoms with van der Waals surface area (Å²) >= 11 is 1.43. The molecule has 0 atom stereocenters. The van der Waals surface area contributed by atoms with Crippen molar-refractivity contribution in [2.45, 2.75) is 31.2 Å². The van der Waals surface area contributed by atoms with E-state index in [9.17, 15) is 13.2 Å². The van der Waals surface area contributed by atoms with E-state index in [1.54, 1.807) is 0 Å². The van der Waals surface area contributed by atoms with Crippen molar-refractivity contribution in [2.75, 3.05) is 13.1 Å². The fourth-order valence-electron chi connectivity index (χ4n) is 3.99. The molecule has 0 fully saturated rings. The van der Waals surface area contributed by atoms with Gasteiger partial charge in [0.2, 0.25) is 10.0 Å². The average molecular weight is 518 g/mol. The number of benzene rings is 3. The lowest BCUT2D eigenvalue weighted by molar-refractivity contribution is 0.0997. The number of amides is 1. The molecule has 4 aromatic rings. The largest absolute Gasteiger partial charge is 0.316 e. The monoisotopic (exact) mass is 517 g/mol. The first-order valence-electron chi connectivity index (χ1n) is 11.3. The fourth-order valence-corrected chi connectivity index (χ4v) is 6.54. The molecular formula is C26H23N5O3S2. The lowest BCUT2D eigenvalue weighted by Gasteiger charge is -2.20. The molecule has 182 valence electrons. The van der Waals surface area contributed by atoms with E-state index in [1.807, 2.05) is 47.9 Å². The molecular weight excluding hydrogens is 494 g/mol. The number of nitriles is 2. The van der Waals surface area contributed by atoms with Crippen molar-refractivity contribution in [1.82, 2.24) is 8.87 Å². The first-order chi connectivity index (χ1) is 17.4. The van der Waals surface area contributed by atoms with Crippen LogP contribution in [0.1, 0.15) is 30.1 Å². The molecule has 1 heterocycles. The van der Waals surface area contributed by atoms with Gasteiger partial charge in [-0.15, -0.1) is 0 Å². The molecule has 0 bridgehead atoms. The standard InChI is InChI=1S/C26H23N5O3S2/c1-2-31-24-22-8-4-3-7-19(22)11-14-23(24)35-26(31)29-25(32)20-9-12-21(13-10-20)36(33,34)30(17-5-15-27)18-6-16-28/h3-4,7-14H,2,5-6,17-18H2,1H3. The van der Waals surface area contributed by atoms with Crippen LogP contribution in [0.4, 0.5) is 0 Å². The molecule has 1 aromatic heterocycles. The second-order valence-electron chi connectivity index (χ2n) is 7.92. The van der Waals surface area contributed by atoms with Crippen molar-refractivity contribution in [3.05, 3.63) is 71.0 Å². The quantitative estimate of drug-likeness (QED) is 0.342. The summed E-state index contributed by atoms with van der Waals surface area (Å²) in [6, 6.07) is 21.6. The molecule has 0 aliphatic heterocycles. The highest BCUT2D eigenvalue weighted by atomic mass is 32.2. The van der Waals surface area contributed by atoms with Crippen LogP contribution in [0, 0.1) is 22.7 Å². The van der Waals surface area contributed by atoms with Crippen molar-refractivity contribution < 1.29 is 13.2 Å². The summed E-state index contributed by atoms with van der Waals surface area (Å²) in [5.41, 5.74) is 1.29. The first kappa shape index (κ1) is 25.3. The highest BCUT2D eigenvalue weighted by Gasteiger charge is 2.24. The Morgan fingerprint density at radius 2 is 1.67 bits per heavy atom. The van der Waals surface area contributed by atoms with E-state index < -0.39 is 15.9 Å².